The fourth-order valence-electron chi connectivity index (χ4n) is 2.54. The first-order valence-electron chi connectivity index (χ1n) is 8.15. The Morgan fingerprint density at radius 3 is 2.55 bits per heavy atom. The average molecular weight is 277 g/mol. The molecule has 1 aromatic rings. The molecular weight excluding hydrogens is 246 g/mol. The number of rotatable bonds is 10. The van der Waals surface area contributed by atoms with E-state index in [-0.39, 0.29) is 0 Å². The van der Waals surface area contributed by atoms with Crippen molar-refractivity contribution >= 4 is 0 Å². The lowest BCUT2D eigenvalue weighted by Gasteiger charge is -2.18. The minimum atomic E-state index is 0.417. The highest BCUT2D eigenvalue weighted by atomic mass is 16.5. The molecule has 1 N–H and O–H groups in total. The van der Waals surface area contributed by atoms with Crippen LogP contribution in [0.25, 0.3) is 0 Å². The Hall–Kier alpha value is -1.02. The van der Waals surface area contributed by atoms with Crippen molar-refractivity contribution < 1.29 is 4.74 Å². The van der Waals surface area contributed by atoms with Gasteiger partial charge in [-0.3, -0.25) is 0 Å². The second kappa shape index (κ2) is 9.82. The van der Waals surface area contributed by atoms with E-state index < -0.39 is 0 Å². The van der Waals surface area contributed by atoms with Crippen molar-refractivity contribution in [3.05, 3.63) is 29.8 Å². The van der Waals surface area contributed by atoms with E-state index in [2.05, 4.69) is 50.4 Å². The molecule has 2 nitrogen and oxygen atoms in total. The van der Waals surface area contributed by atoms with Crippen LogP contribution in [0.5, 0.6) is 5.75 Å². The molecule has 114 valence electrons. The zero-order chi connectivity index (χ0) is 14.8. The monoisotopic (exact) mass is 277 g/mol. The molecule has 2 unspecified atom stereocenters. The predicted octanol–water partition coefficient (Wildman–Crippen LogP) is 4.95. The van der Waals surface area contributed by atoms with Crippen LogP contribution in [0.3, 0.4) is 0 Å². The van der Waals surface area contributed by atoms with Crippen molar-refractivity contribution in [1.82, 2.24) is 5.32 Å². The molecule has 0 aliphatic carbocycles. The van der Waals surface area contributed by atoms with E-state index in [9.17, 15) is 0 Å². The van der Waals surface area contributed by atoms with Crippen LogP contribution in [0.2, 0.25) is 0 Å². The van der Waals surface area contributed by atoms with Gasteiger partial charge in [-0.05, 0) is 43.5 Å². The highest BCUT2D eigenvalue weighted by Crippen LogP contribution is 2.22. The van der Waals surface area contributed by atoms with Crippen LogP contribution < -0.4 is 10.1 Å². The van der Waals surface area contributed by atoms with E-state index in [1.807, 2.05) is 7.05 Å². The summed E-state index contributed by atoms with van der Waals surface area (Å²) in [4.78, 5) is 0. The number of benzene rings is 1. The standard InChI is InChI=1S/C18H31NO/c1-5-8-10-15(6-2)14-20-17-12-9-11-16(13-17)18(7-3)19-4/h9,11-13,15,18-19H,5-8,10,14H2,1-4H3. The molecule has 1 aromatic carbocycles. The summed E-state index contributed by atoms with van der Waals surface area (Å²) in [6.07, 6.45) is 6.15. The Bertz CT molecular complexity index is 360. The van der Waals surface area contributed by atoms with Gasteiger partial charge in [-0.1, -0.05) is 52.2 Å². The summed E-state index contributed by atoms with van der Waals surface area (Å²) in [7, 11) is 2.01. The summed E-state index contributed by atoms with van der Waals surface area (Å²) in [5.41, 5.74) is 1.31. The molecule has 0 fully saturated rings. The maximum atomic E-state index is 6.01. The molecule has 0 aliphatic rings. The number of hydrogen-bond acceptors (Lipinski definition) is 2. The van der Waals surface area contributed by atoms with Crippen molar-refractivity contribution in [3.8, 4) is 5.75 Å². The van der Waals surface area contributed by atoms with Gasteiger partial charge in [0.25, 0.3) is 0 Å². The molecule has 2 heteroatoms. The second-order valence-corrected chi connectivity index (χ2v) is 5.55. The van der Waals surface area contributed by atoms with Gasteiger partial charge < -0.3 is 10.1 Å². The van der Waals surface area contributed by atoms with Crippen molar-refractivity contribution in [1.29, 1.82) is 0 Å². The molecule has 0 saturated carbocycles. The van der Waals surface area contributed by atoms with Gasteiger partial charge in [0.15, 0.2) is 0 Å². The fourth-order valence-corrected chi connectivity index (χ4v) is 2.54. The molecule has 0 amide bonds. The smallest absolute Gasteiger partial charge is 0.119 e. The van der Waals surface area contributed by atoms with E-state index in [4.69, 9.17) is 4.74 Å². The average Bonchev–Trinajstić information content (AvgIpc) is 2.49. The first-order valence-corrected chi connectivity index (χ1v) is 8.15. The van der Waals surface area contributed by atoms with E-state index in [1.54, 1.807) is 0 Å². The predicted molar refractivity (Wildman–Crippen MR) is 87.3 cm³/mol. The molecule has 0 bridgehead atoms. The third-order valence-corrected chi connectivity index (χ3v) is 4.05. The largest absolute Gasteiger partial charge is 0.493 e. The van der Waals surface area contributed by atoms with Crippen LogP contribution in [0.1, 0.15) is 64.5 Å². The van der Waals surface area contributed by atoms with Gasteiger partial charge in [-0.15, -0.1) is 0 Å². The summed E-state index contributed by atoms with van der Waals surface area (Å²) in [6.45, 7) is 7.55. The molecule has 0 heterocycles. The Balaban J connectivity index is 2.57. The molecular formula is C18H31NO. The van der Waals surface area contributed by atoms with Crippen LogP contribution in [-0.4, -0.2) is 13.7 Å². The van der Waals surface area contributed by atoms with Crippen LogP contribution in [-0.2, 0) is 0 Å². The van der Waals surface area contributed by atoms with Gasteiger partial charge in [-0.25, -0.2) is 0 Å². The van der Waals surface area contributed by atoms with E-state index >= 15 is 0 Å². The normalized spacial score (nSPS) is 14.0. The first kappa shape index (κ1) is 17.0. The highest BCUT2D eigenvalue weighted by Gasteiger charge is 2.09. The van der Waals surface area contributed by atoms with Gasteiger partial charge in [0.2, 0.25) is 0 Å². The SMILES string of the molecule is CCCCC(CC)COc1cccc(C(CC)NC)c1. The number of unbranched alkanes of at least 4 members (excludes halogenated alkanes) is 1. The summed E-state index contributed by atoms with van der Waals surface area (Å²) < 4.78 is 6.01. The first-order chi connectivity index (χ1) is 9.74. The van der Waals surface area contributed by atoms with Crippen molar-refractivity contribution in [2.24, 2.45) is 5.92 Å². The van der Waals surface area contributed by atoms with Gasteiger partial charge in [0.1, 0.15) is 5.75 Å². The number of hydrogen-bond donors (Lipinski definition) is 1. The summed E-state index contributed by atoms with van der Waals surface area (Å²) in [5.74, 6) is 1.69. The molecule has 20 heavy (non-hydrogen) atoms. The summed E-state index contributed by atoms with van der Waals surface area (Å²) in [6, 6.07) is 8.93. The van der Waals surface area contributed by atoms with E-state index in [0.29, 0.717) is 12.0 Å². The lowest BCUT2D eigenvalue weighted by molar-refractivity contribution is 0.233. The maximum absolute atomic E-state index is 6.01. The van der Waals surface area contributed by atoms with Gasteiger partial charge in [0.05, 0.1) is 6.61 Å². The number of nitrogens with one attached hydrogen (secondary N) is 1. The lowest BCUT2D eigenvalue weighted by atomic mass is 10.0. The minimum absolute atomic E-state index is 0.417. The third-order valence-electron chi connectivity index (χ3n) is 4.05. The molecule has 0 radical (unpaired) electrons. The highest BCUT2D eigenvalue weighted by molar-refractivity contribution is 5.30. The van der Waals surface area contributed by atoms with Gasteiger partial charge >= 0.3 is 0 Å². The Labute approximate surface area is 124 Å². The fraction of sp³-hybridized carbons (Fsp3) is 0.667. The minimum Gasteiger partial charge on any atom is -0.493 e. The lowest BCUT2D eigenvalue weighted by Crippen LogP contribution is -2.15. The van der Waals surface area contributed by atoms with E-state index in [1.165, 1.54) is 31.2 Å². The van der Waals surface area contributed by atoms with Gasteiger partial charge in [0, 0.05) is 6.04 Å². The van der Waals surface area contributed by atoms with Crippen molar-refractivity contribution in [2.45, 2.75) is 58.9 Å². The molecule has 1 rings (SSSR count). The zero-order valence-corrected chi connectivity index (χ0v) is 13.6. The quantitative estimate of drug-likeness (QED) is 0.653. The van der Waals surface area contributed by atoms with E-state index in [0.717, 1.165) is 18.8 Å². The Morgan fingerprint density at radius 2 is 1.95 bits per heavy atom. The van der Waals surface area contributed by atoms with Gasteiger partial charge in [-0.2, -0.15) is 0 Å². The summed E-state index contributed by atoms with van der Waals surface area (Å²) >= 11 is 0. The topological polar surface area (TPSA) is 21.3 Å². The van der Waals surface area contributed by atoms with Crippen LogP contribution in [0.4, 0.5) is 0 Å². The second-order valence-electron chi connectivity index (χ2n) is 5.55. The Kier molecular flexibility index (Phi) is 8.36. The molecule has 0 aliphatic heterocycles. The molecule has 0 aromatic heterocycles. The van der Waals surface area contributed by atoms with Crippen molar-refractivity contribution in [3.63, 3.8) is 0 Å². The molecule has 0 spiro atoms. The van der Waals surface area contributed by atoms with Crippen molar-refractivity contribution in [2.75, 3.05) is 13.7 Å². The van der Waals surface area contributed by atoms with Crippen LogP contribution >= 0.6 is 0 Å². The maximum Gasteiger partial charge on any atom is 0.119 e. The number of ether oxygens (including phenoxy) is 1. The molecule has 0 saturated heterocycles. The third kappa shape index (κ3) is 5.54. The Morgan fingerprint density at radius 1 is 1.15 bits per heavy atom. The van der Waals surface area contributed by atoms with Crippen LogP contribution in [0, 0.1) is 5.92 Å². The summed E-state index contributed by atoms with van der Waals surface area (Å²) in [5, 5.41) is 3.34. The van der Waals surface area contributed by atoms with Crippen LogP contribution in [0.15, 0.2) is 24.3 Å². The zero-order valence-electron chi connectivity index (χ0n) is 13.6. The molecule has 2 atom stereocenters.